The largest absolute Gasteiger partial charge is 0.373 e. The van der Waals surface area contributed by atoms with E-state index in [1.54, 1.807) is 0 Å². The third-order valence-electron chi connectivity index (χ3n) is 12.9. The van der Waals surface area contributed by atoms with Crippen LogP contribution in [0.5, 0.6) is 0 Å². The average molecular weight is 700 g/mol. The number of benzene rings is 1. The standard InChI is InChI=1S/C39H65N5O4S/c1-25-10-8-11-26(2)36(25)34-15-35-41-37(40-34)42-49(45,46)33-13-9-12-29(14-33)23-44(32(24-47-35)16-38(5,6)7)31-19-39(20-31)17-30(18-39)43-21-27(3)48-28(4)22-43/h8,10-11,27-35,37,40-42H,9,12-24H2,1-7H3/t27-,28+,29?,30?,31?,32-,33?,34?,35?,37?,39?/m1/s1. The number of hydrogen-bond donors (Lipinski definition) is 3. The Hall–Kier alpha value is -1.11. The molecule has 3 N–H and O–H groups in total. The summed E-state index contributed by atoms with van der Waals surface area (Å²) in [5, 5.41) is 6.80. The van der Waals surface area contributed by atoms with E-state index in [1.807, 2.05) is 0 Å². The lowest BCUT2D eigenvalue weighted by molar-refractivity contribution is -0.154. The van der Waals surface area contributed by atoms with E-state index in [2.05, 4.69) is 91.8 Å². The van der Waals surface area contributed by atoms with Crippen LogP contribution in [0.2, 0.25) is 0 Å². The number of hydrogen-bond acceptors (Lipinski definition) is 8. The fourth-order valence-corrected chi connectivity index (χ4v) is 12.5. The van der Waals surface area contributed by atoms with Gasteiger partial charge >= 0.3 is 0 Å². The Balaban J connectivity index is 1.13. The van der Waals surface area contributed by atoms with Crippen LogP contribution in [0.4, 0.5) is 0 Å². The fraction of sp³-hybridized carbons (Fsp3) is 0.846. The van der Waals surface area contributed by atoms with E-state index in [9.17, 15) is 8.42 Å². The van der Waals surface area contributed by atoms with Crippen LogP contribution in [0.15, 0.2) is 18.2 Å². The van der Waals surface area contributed by atoms with Gasteiger partial charge in [0.05, 0.1) is 24.1 Å². The smallest absolute Gasteiger partial charge is 0.216 e. The van der Waals surface area contributed by atoms with Crippen LogP contribution in [-0.2, 0) is 19.5 Å². The summed E-state index contributed by atoms with van der Waals surface area (Å²) in [7, 11) is -3.54. The molecule has 3 saturated heterocycles. The SMILES string of the molecule is Cc1cccc(C)c1C1CC2NC(N1)NS(=O)(=O)C1CCCC(C1)CN(C1CC3(CC(N4C[C@@H](C)O[C@@H](C)C4)C3)C1)[C@H](CC(C)(C)C)CO2. The first-order chi connectivity index (χ1) is 23.2. The van der Waals surface area contributed by atoms with Crippen molar-refractivity contribution in [1.29, 1.82) is 0 Å². The lowest BCUT2D eigenvalue weighted by Crippen LogP contribution is -2.65. The number of aryl methyl sites for hydroxylation is 2. The van der Waals surface area contributed by atoms with E-state index in [-0.39, 0.29) is 22.9 Å². The molecule has 1 spiro atoms. The topological polar surface area (TPSA) is 95.2 Å². The zero-order valence-corrected chi connectivity index (χ0v) is 32.2. The highest BCUT2D eigenvalue weighted by Gasteiger charge is 2.57. The Kier molecular flexibility index (Phi) is 10.4. The van der Waals surface area contributed by atoms with Crippen molar-refractivity contribution >= 4 is 10.0 Å². The Morgan fingerprint density at radius 1 is 0.918 bits per heavy atom. The molecule has 4 bridgehead atoms. The molecule has 6 fully saturated rings. The second-order valence-corrected chi connectivity index (χ2v) is 20.4. The van der Waals surface area contributed by atoms with Crippen LogP contribution >= 0.6 is 0 Å². The maximum absolute atomic E-state index is 14.0. The second-order valence-electron chi connectivity index (χ2n) is 18.5. The van der Waals surface area contributed by atoms with Crippen molar-refractivity contribution in [3.63, 3.8) is 0 Å². The van der Waals surface area contributed by atoms with Crippen molar-refractivity contribution in [2.45, 2.75) is 167 Å². The number of ether oxygens (including phenoxy) is 2. The summed E-state index contributed by atoms with van der Waals surface area (Å²) in [4.78, 5) is 5.53. The van der Waals surface area contributed by atoms with Crippen LogP contribution in [0.25, 0.3) is 0 Å². The maximum Gasteiger partial charge on any atom is 0.216 e. The van der Waals surface area contributed by atoms with Crippen LogP contribution in [0.1, 0.15) is 122 Å². The lowest BCUT2D eigenvalue weighted by atomic mass is 9.51. The van der Waals surface area contributed by atoms with E-state index in [4.69, 9.17) is 9.47 Å². The van der Waals surface area contributed by atoms with Crippen LogP contribution in [0.3, 0.4) is 0 Å². The molecule has 3 aliphatic carbocycles. The minimum absolute atomic E-state index is 0.0166. The highest BCUT2D eigenvalue weighted by molar-refractivity contribution is 7.90. The van der Waals surface area contributed by atoms with Crippen molar-refractivity contribution in [2.24, 2.45) is 16.7 Å². The number of nitrogens with one attached hydrogen (secondary N) is 3. The Morgan fingerprint density at radius 3 is 2.27 bits per heavy atom. The van der Waals surface area contributed by atoms with Crippen LogP contribution in [0, 0.1) is 30.6 Å². The minimum Gasteiger partial charge on any atom is -0.373 e. The Labute approximate surface area is 297 Å². The molecule has 49 heavy (non-hydrogen) atoms. The van der Waals surface area contributed by atoms with Gasteiger partial charge in [-0.3, -0.25) is 20.4 Å². The molecule has 0 amide bonds. The highest BCUT2D eigenvalue weighted by Crippen LogP contribution is 2.59. The zero-order valence-electron chi connectivity index (χ0n) is 31.3. The van der Waals surface area contributed by atoms with Gasteiger partial charge in [-0.1, -0.05) is 45.4 Å². The summed E-state index contributed by atoms with van der Waals surface area (Å²) in [5.41, 5.74) is 4.31. The van der Waals surface area contributed by atoms with Gasteiger partial charge < -0.3 is 9.47 Å². The van der Waals surface area contributed by atoms with Crippen LogP contribution in [-0.4, -0.2) is 92.6 Å². The Morgan fingerprint density at radius 2 is 1.59 bits per heavy atom. The van der Waals surface area contributed by atoms with E-state index in [1.165, 1.54) is 42.4 Å². The molecule has 9 nitrogen and oxygen atoms in total. The predicted molar refractivity (Wildman–Crippen MR) is 195 cm³/mol. The van der Waals surface area contributed by atoms with Crippen LogP contribution < -0.4 is 15.4 Å². The molecule has 0 radical (unpaired) electrons. The third kappa shape index (κ3) is 8.12. The minimum atomic E-state index is -3.54. The van der Waals surface area contributed by atoms with E-state index >= 15 is 0 Å². The van der Waals surface area contributed by atoms with Gasteiger partial charge in [0.1, 0.15) is 12.5 Å². The number of morpholine rings is 1. The fourth-order valence-electron chi connectivity index (χ4n) is 10.8. The first-order valence-electron chi connectivity index (χ1n) is 19.5. The number of rotatable bonds is 4. The maximum atomic E-state index is 14.0. The molecule has 0 aromatic heterocycles. The summed E-state index contributed by atoms with van der Waals surface area (Å²) in [5.74, 6) is 0.378. The summed E-state index contributed by atoms with van der Waals surface area (Å²) in [6.07, 6.45) is 10.3. The van der Waals surface area contributed by atoms with Gasteiger partial charge in [-0.15, -0.1) is 0 Å². The summed E-state index contributed by atoms with van der Waals surface area (Å²) in [6, 6.07) is 7.91. The summed E-state index contributed by atoms with van der Waals surface area (Å²) >= 11 is 0. The number of nitrogens with zero attached hydrogens (tertiary/aromatic N) is 2. The molecule has 6 aliphatic rings. The van der Waals surface area contributed by atoms with Gasteiger partial charge in [-0.05, 0) is 112 Å². The summed E-state index contributed by atoms with van der Waals surface area (Å²) in [6.45, 7) is 19.6. The lowest BCUT2D eigenvalue weighted by Gasteiger charge is -2.63. The van der Waals surface area contributed by atoms with Gasteiger partial charge in [0.15, 0.2) is 0 Å². The molecule has 5 unspecified atom stereocenters. The normalized spacial score (nSPS) is 42.3. The predicted octanol–water partition coefficient (Wildman–Crippen LogP) is 5.57. The first kappa shape index (κ1) is 36.3. The average Bonchev–Trinajstić information content (AvgIpc) is 2.96. The van der Waals surface area contributed by atoms with E-state index in [0.717, 1.165) is 58.2 Å². The molecule has 8 atom stereocenters. The molecule has 3 heterocycles. The van der Waals surface area contributed by atoms with Gasteiger partial charge in [-0.2, -0.15) is 4.72 Å². The monoisotopic (exact) mass is 699 g/mol. The number of fused-ring (bicyclic) bond motifs is 4. The quantitative estimate of drug-likeness (QED) is 0.376. The van der Waals surface area contributed by atoms with E-state index < -0.39 is 16.3 Å². The number of sulfonamides is 1. The van der Waals surface area contributed by atoms with Crippen molar-refractivity contribution in [1.82, 2.24) is 25.2 Å². The summed E-state index contributed by atoms with van der Waals surface area (Å²) < 4.78 is 44.0. The molecular weight excluding hydrogens is 635 g/mol. The van der Waals surface area contributed by atoms with Gasteiger partial charge in [0.2, 0.25) is 10.0 Å². The van der Waals surface area contributed by atoms with Gasteiger partial charge in [0.25, 0.3) is 0 Å². The molecule has 3 aliphatic heterocycles. The zero-order chi connectivity index (χ0) is 34.7. The molecule has 10 heteroatoms. The first-order valence-corrected chi connectivity index (χ1v) is 21.1. The molecule has 1 aromatic carbocycles. The highest BCUT2D eigenvalue weighted by atomic mass is 32.2. The Bertz CT molecular complexity index is 1390. The van der Waals surface area contributed by atoms with Gasteiger partial charge in [-0.25, -0.2) is 8.42 Å². The second kappa shape index (κ2) is 14.0. The van der Waals surface area contributed by atoms with Crippen molar-refractivity contribution in [3.8, 4) is 0 Å². The van der Waals surface area contributed by atoms with Crippen molar-refractivity contribution in [2.75, 3.05) is 26.2 Å². The molecular formula is C39H65N5O4S. The molecule has 276 valence electrons. The van der Waals surface area contributed by atoms with E-state index in [0.29, 0.717) is 48.3 Å². The third-order valence-corrected chi connectivity index (χ3v) is 14.8. The van der Waals surface area contributed by atoms with Crippen molar-refractivity contribution in [3.05, 3.63) is 34.9 Å². The van der Waals surface area contributed by atoms with Crippen molar-refractivity contribution < 1.29 is 17.9 Å². The molecule has 3 saturated carbocycles. The molecule has 1 aromatic rings. The van der Waals surface area contributed by atoms with Gasteiger partial charge in [0, 0.05) is 50.2 Å². The molecule has 7 rings (SSSR count).